The van der Waals surface area contributed by atoms with Crippen LogP contribution in [0.25, 0.3) is 17.4 Å². The average molecular weight is 480 g/mol. The largest absolute Gasteiger partial charge is 0.462 e. The summed E-state index contributed by atoms with van der Waals surface area (Å²) in [6.45, 7) is 4.65. The second-order valence-corrected chi connectivity index (χ2v) is 8.07. The van der Waals surface area contributed by atoms with Gasteiger partial charge in [0.2, 0.25) is 10.3 Å². The standard InChI is InChI=1S/C23H21N5O5S/c1-2-32-21(30)16-5-3-4-15(12-16)19-7-6-18(33-19)13-17(14-24)20(29)25-22-26-27-23(34-22)28-8-10-31-11-9-28/h3-7,12-13H,2,8-11H2,1H3,(H,25,26,29). The predicted octanol–water partition coefficient (Wildman–Crippen LogP) is 3.36. The summed E-state index contributed by atoms with van der Waals surface area (Å²) in [6.07, 6.45) is 1.35. The summed E-state index contributed by atoms with van der Waals surface area (Å²) >= 11 is 1.23. The molecule has 1 fully saturated rings. The number of nitrogens with one attached hydrogen (secondary N) is 1. The number of aromatic nitrogens is 2. The maximum Gasteiger partial charge on any atom is 0.338 e. The minimum atomic E-state index is -0.616. The molecule has 3 heterocycles. The van der Waals surface area contributed by atoms with Crippen molar-refractivity contribution in [1.29, 1.82) is 5.26 Å². The lowest BCUT2D eigenvalue weighted by Crippen LogP contribution is -2.36. The number of rotatable bonds is 7. The van der Waals surface area contributed by atoms with Gasteiger partial charge in [0.1, 0.15) is 23.2 Å². The summed E-state index contributed by atoms with van der Waals surface area (Å²) < 4.78 is 16.1. The highest BCUT2D eigenvalue weighted by Gasteiger charge is 2.18. The molecular weight excluding hydrogens is 458 g/mol. The van der Waals surface area contributed by atoms with Crippen LogP contribution in [0.5, 0.6) is 0 Å². The summed E-state index contributed by atoms with van der Waals surface area (Å²) in [5.74, 6) is -0.244. The van der Waals surface area contributed by atoms with Crippen LogP contribution in [-0.4, -0.2) is 55.0 Å². The van der Waals surface area contributed by atoms with Crippen molar-refractivity contribution in [1.82, 2.24) is 10.2 Å². The first-order valence-electron chi connectivity index (χ1n) is 10.5. The number of nitrogens with zero attached hydrogens (tertiary/aromatic N) is 4. The van der Waals surface area contributed by atoms with E-state index in [1.807, 2.05) is 11.0 Å². The fraction of sp³-hybridized carbons (Fsp3) is 0.261. The molecule has 4 rings (SSSR count). The van der Waals surface area contributed by atoms with Gasteiger partial charge in [0.25, 0.3) is 5.91 Å². The molecule has 0 radical (unpaired) electrons. The Morgan fingerprint density at radius 3 is 2.85 bits per heavy atom. The SMILES string of the molecule is CCOC(=O)c1cccc(-c2ccc(C=C(C#N)C(=O)Nc3nnc(N4CCOCC4)s3)o2)c1. The molecule has 174 valence electrons. The molecule has 34 heavy (non-hydrogen) atoms. The lowest BCUT2D eigenvalue weighted by atomic mass is 10.1. The van der Waals surface area contributed by atoms with Gasteiger partial charge in [-0.3, -0.25) is 10.1 Å². The molecule has 10 nitrogen and oxygen atoms in total. The van der Waals surface area contributed by atoms with E-state index in [1.54, 1.807) is 43.3 Å². The van der Waals surface area contributed by atoms with Crippen LogP contribution in [-0.2, 0) is 14.3 Å². The highest BCUT2D eigenvalue weighted by molar-refractivity contribution is 7.19. The lowest BCUT2D eigenvalue weighted by Gasteiger charge is -2.25. The summed E-state index contributed by atoms with van der Waals surface area (Å²) in [5.41, 5.74) is 0.917. The molecule has 0 bridgehead atoms. The Morgan fingerprint density at radius 2 is 2.09 bits per heavy atom. The molecule has 0 spiro atoms. The molecule has 3 aromatic rings. The first-order valence-corrected chi connectivity index (χ1v) is 11.4. The van der Waals surface area contributed by atoms with E-state index in [0.717, 1.165) is 0 Å². The van der Waals surface area contributed by atoms with Crippen LogP contribution in [0.1, 0.15) is 23.0 Å². The van der Waals surface area contributed by atoms with Crippen molar-refractivity contribution in [3.63, 3.8) is 0 Å². The molecule has 1 amide bonds. The van der Waals surface area contributed by atoms with Crippen molar-refractivity contribution in [2.45, 2.75) is 6.92 Å². The van der Waals surface area contributed by atoms with Gasteiger partial charge in [-0.05, 0) is 31.2 Å². The molecule has 1 aliphatic rings. The Labute approximate surface area is 199 Å². The Bertz CT molecular complexity index is 1250. The van der Waals surface area contributed by atoms with Crippen molar-refractivity contribution in [3.8, 4) is 17.4 Å². The number of anilines is 2. The third kappa shape index (κ3) is 5.48. The Kier molecular flexibility index (Phi) is 7.31. The second-order valence-electron chi connectivity index (χ2n) is 7.12. The fourth-order valence-electron chi connectivity index (χ4n) is 3.20. The van der Waals surface area contributed by atoms with E-state index in [1.165, 1.54) is 17.4 Å². The van der Waals surface area contributed by atoms with Crippen molar-refractivity contribution < 1.29 is 23.5 Å². The molecule has 2 aromatic heterocycles. The molecule has 0 saturated carbocycles. The number of esters is 1. The molecule has 0 atom stereocenters. The zero-order chi connectivity index (χ0) is 23.9. The van der Waals surface area contributed by atoms with Gasteiger partial charge in [-0.2, -0.15) is 5.26 Å². The maximum atomic E-state index is 12.6. The number of carbonyl (C=O) groups is 2. The van der Waals surface area contributed by atoms with E-state index in [-0.39, 0.29) is 12.2 Å². The fourth-order valence-corrected chi connectivity index (χ4v) is 3.99. The van der Waals surface area contributed by atoms with Gasteiger partial charge >= 0.3 is 5.97 Å². The van der Waals surface area contributed by atoms with Crippen LogP contribution >= 0.6 is 11.3 Å². The van der Waals surface area contributed by atoms with Crippen LogP contribution in [0.15, 0.2) is 46.4 Å². The van der Waals surface area contributed by atoms with Crippen LogP contribution in [0.2, 0.25) is 0 Å². The zero-order valence-corrected chi connectivity index (χ0v) is 19.1. The topological polar surface area (TPSA) is 131 Å². The molecule has 1 saturated heterocycles. The van der Waals surface area contributed by atoms with Gasteiger partial charge in [0.15, 0.2) is 0 Å². The molecule has 1 aromatic carbocycles. The second kappa shape index (κ2) is 10.7. The minimum Gasteiger partial charge on any atom is -0.462 e. The Balaban J connectivity index is 1.46. The quantitative estimate of drug-likeness (QED) is 0.308. The van der Waals surface area contributed by atoms with Gasteiger partial charge in [0, 0.05) is 24.7 Å². The summed E-state index contributed by atoms with van der Waals surface area (Å²) in [7, 11) is 0. The van der Waals surface area contributed by atoms with Crippen molar-refractivity contribution in [3.05, 3.63) is 53.3 Å². The van der Waals surface area contributed by atoms with E-state index in [9.17, 15) is 14.9 Å². The number of ether oxygens (including phenoxy) is 2. The Morgan fingerprint density at radius 1 is 1.26 bits per heavy atom. The molecule has 1 N–H and O–H groups in total. The van der Waals surface area contributed by atoms with E-state index in [2.05, 4.69) is 15.5 Å². The van der Waals surface area contributed by atoms with Crippen molar-refractivity contribution >= 4 is 39.6 Å². The van der Waals surface area contributed by atoms with Gasteiger partial charge in [-0.1, -0.05) is 23.5 Å². The van der Waals surface area contributed by atoms with Crippen molar-refractivity contribution in [2.24, 2.45) is 0 Å². The van der Waals surface area contributed by atoms with Crippen LogP contribution in [0, 0.1) is 11.3 Å². The molecule has 11 heteroatoms. The number of furan rings is 1. The third-order valence-electron chi connectivity index (χ3n) is 4.85. The van der Waals surface area contributed by atoms with Crippen LogP contribution in [0.3, 0.4) is 0 Å². The normalized spacial score (nSPS) is 13.9. The van der Waals surface area contributed by atoms with Crippen LogP contribution in [0.4, 0.5) is 10.3 Å². The zero-order valence-electron chi connectivity index (χ0n) is 18.3. The average Bonchev–Trinajstić information content (AvgIpc) is 3.53. The molecule has 0 unspecified atom stereocenters. The number of nitriles is 1. The number of amides is 1. The molecule has 0 aliphatic carbocycles. The third-order valence-corrected chi connectivity index (χ3v) is 5.75. The molecule has 1 aliphatic heterocycles. The Hall–Kier alpha value is -4.01. The van der Waals surface area contributed by atoms with E-state index in [4.69, 9.17) is 13.9 Å². The highest BCUT2D eigenvalue weighted by atomic mass is 32.1. The highest BCUT2D eigenvalue weighted by Crippen LogP contribution is 2.26. The first-order chi connectivity index (χ1) is 16.6. The molecular formula is C23H21N5O5S. The van der Waals surface area contributed by atoms with E-state index in [0.29, 0.717) is 59.2 Å². The predicted molar refractivity (Wildman–Crippen MR) is 125 cm³/mol. The maximum absolute atomic E-state index is 12.6. The lowest BCUT2D eigenvalue weighted by molar-refractivity contribution is -0.112. The minimum absolute atomic E-state index is 0.149. The van der Waals surface area contributed by atoms with E-state index < -0.39 is 11.9 Å². The van der Waals surface area contributed by atoms with Gasteiger partial charge < -0.3 is 18.8 Å². The van der Waals surface area contributed by atoms with Crippen LogP contribution < -0.4 is 10.2 Å². The number of carbonyl (C=O) groups excluding carboxylic acids is 2. The smallest absolute Gasteiger partial charge is 0.338 e. The summed E-state index contributed by atoms with van der Waals surface area (Å²) in [4.78, 5) is 26.6. The monoisotopic (exact) mass is 479 g/mol. The van der Waals surface area contributed by atoms with Gasteiger partial charge in [-0.25, -0.2) is 4.79 Å². The van der Waals surface area contributed by atoms with Gasteiger partial charge in [0.05, 0.1) is 25.4 Å². The first kappa shape index (κ1) is 23.2. The summed E-state index contributed by atoms with van der Waals surface area (Å²) in [5, 5.41) is 21.2. The van der Waals surface area contributed by atoms with Gasteiger partial charge in [-0.15, -0.1) is 10.2 Å². The summed E-state index contributed by atoms with van der Waals surface area (Å²) in [6, 6.07) is 12.0. The number of hydrogen-bond acceptors (Lipinski definition) is 10. The number of hydrogen-bond donors (Lipinski definition) is 1. The number of benzene rings is 1. The number of morpholine rings is 1. The van der Waals surface area contributed by atoms with Crippen molar-refractivity contribution in [2.75, 3.05) is 43.1 Å². The van der Waals surface area contributed by atoms with E-state index >= 15 is 0 Å².